The van der Waals surface area contributed by atoms with Crippen LogP contribution in [0, 0.1) is 0 Å². The van der Waals surface area contributed by atoms with E-state index in [4.69, 9.17) is 23.2 Å². The van der Waals surface area contributed by atoms with Crippen LogP contribution in [0.3, 0.4) is 0 Å². The van der Waals surface area contributed by atoms with Gasteiger partial charge >= 0.3 is 7.60 Å². The summed E-state index contributed by atoms with van der Waals surface area (Å²) < 4.78 is 65.8. The smallest absolute Gasteiger partial charge is 0.323 e. The highest BCUT2D eigenvalue weighted by Crippen LogP contribution is 2.42. The van der Waals surface area contributed by atoms with Gasteiger partial charge in [-0.15, -0.1) is 0 Å². The SMILES string of the molecule is CN(C)S(=O)(=O)c1cccc2c(C=O)c(N(CP(=O)(O)O)S(=O)(=O)c3cc(Cl)cc(Cl)c3)ccc12. The third-order valence-corrected chi connectivity index (χ3v) is 9.81. The van der Waals surface area contributed by atoms with Crippen LogP contribution in [0.2, 0.25) is 10.0 Å². The molecule has 0 unspecified atom stereocenters. The normalized spacial score (nSPS) is 12.8. The van der Waals surface area contributed by atoms with Crippen molar-refractivity contribution >= 4 is 73.6 Å². The minimum atomic E-state index is -5.01. The van der Waals surface area contributed by atoms with Crippen LogP contribution in [0.25, 0.3) is 10.8 Å². The summed E-state index contributed by atoms with van der Waals surface area (Å²) in [6.07, 6.45) is -1.02. The Hall–Kier alpha value is -2.02. The zero-order valence-electron chi connectivity index (χ0n) is 18.2. The maximum absolute atomic E-state index is 13.5. The number of halogens is 2. The van der Waals surface area contributed by atoms with Gasteiger partial charge in [-0.3, -0.25) is 13.7 Å². The predicted molar refractivity (Wildman–Crippen MR) is 133 cm³/mol. The molecular weight excluding hydrogens is 562 g/mol. The first-order valence-corrected chi connectivity index (χ1v) is 15.0. The Morgan fingerprint density at radius 2 is 1.51 bits per heavy atom. The minimum Gasteiger partial charge on any atom is -0.323 e. The summed E-state index contributed by atoms with van der Waals surface area (Å²) in [5, 5.41) is 0.0987. The van der Waals surface area contributed by atoms with Crippen molar-refractivity contribution in [1.29, 1.82) is 0 Å². The number of anilines is 1. The molecule has 35 heavy (non-hydrogen) atoms. The van der Waals surface area contributed by atoms with Crippen molar-refractivity contribution in [3.63, 3.8) is 0 Å². The number of nitrogens with zero attached hydrogens (tertiary/aromatic N) is 2. The van der Waals surface area contributed by atoms with Gasteiger partial charge < -0.3 is 9.79 Å². The molecule has 0 saturated carbocycles. The number of carbonyl (C=O) groups is 1. The van der Waals surface area contributed by atoms with Crippen molar-refractivity contribution < 1.29 is 36.0 Å². The second-order valence-corrected chi connectivity index (χ2v) is 14.0. The van der Waals surface area contributed by atoms with Gasteiger partial charge in [0, 0.05) is 35.1 Å². The van der Waals surface area contributed by atoms with Gasteiger partial charge in [0.25, 0.3) is 10.0 Å². The Morgan fingerprint density at radius 1 is 0.914 bits per heavy atom. The third-order valence-electron chi connectivity index (χ3n) is 4.92. The van der Waals surface area contributed by atoms with Gasteiger partial charge in [-0.05, 0) is 35.7 Å². The quantitative estimate of drug-likeness (QED) is 0.303. The lowest BCUT2D eigenvalue weighted by Crippen LogP contribution is -2.33. The molecule has 0 heterocycles. The molecule has 0 bridgehead atoms. The molecule has 3 rings (SSSR count). The monoisotopic (exact) mass is 580 g/mol. The van der Waals surface area contributed by atoms with Gasteiger partial charge in [0.15, 0.2) is 6.29 Å². The maximum atomic E-state index is 13.5. The van der Waals surface area contributed by atoms with Crippen molar-refractivity contribution in [3.8, 4) is 0 Å². The number of rotatable bonds is 8. The summed E-state index contributed by atoms with van der Waals surface area (Å²) in [5.41, 5.74) is -0.658. The number of carbonyl (C=O) groups excluding carboxylic acids is 1. The molecule has 0 spiro atoms. The van der Waals surface area contributed by atoms with E-state index in [0.29, 0.717) is 4.31 Å². The Balaban J connectivity index is 2.37. The summed E-state index contributed by atoms with van der Waals surface area (Å²) in [7, 11) is -11.0. The Labute approximate surface area is 211 Å². The fourth-order valence-corrected chi connectivity index (χ4v) is 7.88. The Kier molecular flexibility index (Phi) is 7.71. The van der Waals surface area contributed by atoms with Crippen LogP contribution >= 0.6 is 30.8 Å². The van der Waals surface area contributed by atoms with E-state index in [-0.39, 0.29) is 43.3 Å². The zero-order chi connectivity index (χ0) is 26.3. The number of hydrogen-bond donors (Lipinski definition) is 2. The molecule has 3 aromatic carbocycles. The number of aldehydes is 1. The highest BCUT2D eigenvalue weighted by Gasteiger charge is 2.34. The maximum Gasteiger partial charge on any atom is 0.345 e. The van der Waals surface area contributed by atoms with Crippen LogP contribution in [-0.2, 0) is 24.6 Å². The molecule has 0 fully saturated rings. The highest BCUT2D eigenvalue weighted by atomic mass is 35.5. The van der Waals surface area contributed by atoms with Crippen LogP contribution in [0.5, 0.6) is 0 Å². The van der Waals surface area contributed by atoms with E-state index in [1.165, 1.54) is 44.4 Å². The van der Waals surface area contributed by atoms with Gasteiger partial charge in [0.05, 0.1) is 15.5 Å². The average molecular weight is 581 g/mol. The van der Waals surface area contributed by atoms with E-state index < -0.39 is 38.8 Å². The van der Waals surface area contributed by atoms with Crippen LogP contribution in [0.4, 0.5) is 5.69 Å². The van der Waals surface area contributed by atoms with Crippen molar-refractivity contribution in [1.82, 2.24) is 4.31 Å². The molecule has 0 aromatic heterocycles. The number of sulfonamides is 2. The topological polar surface area (TPSA) is 149 Å². The van der Waals surface area contributed by atoms with E-state index in [9.17, 15) is 36.0 Å². The molecule has 2 N–H and O–H groups in total. The molecular formula is C20H19Cl2N2O8PS2. The lowest BCUT2D eigenvalue weighted by Gasteiger charge is -2.27. The van der Waals surface area contributed by atoms with E-state index in [1.54, 1.807) is 0 Å². The number of benzene rings is 3. The van der Waals surface area contributed by atoms with Gasteiger partial charge in [-0.2, -0.15) is 0 Å². The van der Waals surface area contributed by atoms with E-state index >= 15 is 0 Å². The van der Waals surface area contributed by atoms with Crippen LogP contribution in [0.1, 0.15) is 10.4 Å². The fraction of sp³-hybridized carbons (Fsp3) is 0.150. The van der Waals surface area contributed by atoms with Crippen molar-refractivity contribution in [3.05, 3.63) is 64.1 Å². The molecule has 15 heteroatoms. The number of hydrogen-bond acceptors (Lipinski definition) is 6. The van der Waals surface area contributed by atoms with E-state index in [1.807, 2.05) is 0 Å². The van der Waals surface area contributed by atoms with Gasteiger partial charge in [0.1, 0.15) is 6.29 Å². The third kappa shape index (κ3) is 5.55. The Bertz CT molecular complexity index is 1570. The first-order chi connectivity index (χ1) is 16.1. The fourth-order valence-electron chi connectivity index (χ4n) is 3.36. The summed E-state index contributed by atoms with van der Waals surface area (Å²) in [5.74, 6) is 0. The Morgan fingerprint density at radius 3 is 2.03 bits per heavy atom. The van der Waals surface area contributed by atoms with Crippen LogP contribution in [-0.4, -0.2) is 57.6 Å². The standard InChI is InChI=1S/C20H19Cl2N2O8PS2/c1-23(2)35(31,32)20-5-3-4-16-17(20)6-7-19(18(16)11-25)24(12-33(26,27)28)34(29,30)15-9-13(21)8-14(22)10-15/h3-11H,12H2,1-2H3,(H2,26,27,28). The molecule has 3 aromatic rings. The zero-order valence-corrected chi connectivity index (χ0v) is 22.2. The molecule has 188 valence electrons. The van der Waals surface area contributed by atoms with E-state index in [2.05, 4.69) is 0 Å². The van der Waals surface area contributed by atoms with Crippen LogP contribution in [0.15, 0.2) is 58.3 Å². The molecule has 0 aliphatic rings. The first-order valence-electron chi connectivity index (χ1n) is 9.56. The van der Waals surface area contributed by atoms with Crippen molar-refractivity contribution in [2.45, 2.75) is 9.79 Å². The van der Waals surface area contributed by atoms with Gasteiger partial charge in [-0.25, -0.2) is 21.1 Å². The van der Waals surface area contributed by atoms with Crippen molar-refractivity contribution in [2.24, 2.45) is 0 Å². The molecule has 10 nitrogen and oxygen atoms in total. The summed E-state index contributed by atoms with van der Waals surface area (Å²) in [6, 6.07) is 9.82. The molecule has 0 atom stereocenters. The summed E-state index contributed by atoms with van der Waals surface area (Å²) in [4.78, 5) is 30.8. The second-order valence-electron chi connectivity index (χ2n) is 7.52. The number of fused-ring (bicyclic) bond motifs is 1. The van der Waals surface area contributed by atoms with Crippen LogP contribution < -0.4 is 4.31 Å². The summed E-state index contributed by atoms with van der Waals surface area (Å²) >= 11 is 11.8. The highest BCUT2D eigenvalue weighted by molar-refractivity contribution is 7.93. The van der Waals surface area contributed by atoms with Crippen molar-refractivity contribution in [2.75, 3.05) is 24.7 Å². The lowest BCUT2D eigenvalue weighted by atomic mass is 10.0. The lowest BCUT2D eigenvalue weighted by molar-refractivity contribution is 0.112. The largest absolute Gasteiger partial charge is 0.345 e. The molecule has 0 amide bonds. The molecule has 0 aliphatic carbocycles. The van der Waals surface area contributed by atoms with E-state index in [0.717, 1.165) is 22.5 Å². The molecule has 0 radical (unpaired) electrons. The predicted octanol–water partition coefficient (Wildman–Crippen LogP) is 3.54. The minimum absolute atomic E-state index is 0.0418. The first kappa shape index (κ1) is 27.6. The second kappa shape index (κ2) is 9.79. The van der Waals surface area contributed by atoms with Gasteiger partial charge in [0.2, 0.25) is 10.0 Å². The average Bonchev–Trinajstić information content (AvgIpc) is 2.74. The molecule has 0 saturated heterocycles. The van der Waals surface area contributed by atoms with Gasteiger partial charge in [-0.1, -0.05) is 41.4 Å². The molecule has 0 aliphatic heterocycles. The summed E-state index contributed by atoms with van der Waals surface area (Å²) in [6.45, 7) is 0.